The fraction of sp³-hybridized carbons (Fsp3) is 0.444. The van der Waals surface area contributed by atoms with Crippen LogP contribution in [0.25, 0.3) is 6.08 Å². The Hall–Kier alpha value is -2.10. The highest BCUT2D eigenvalue weighted by Gasteiger charge is 2.12. The van der Waals surface area contributed by atoms with Gasteiger partial charge < -0.3 is 10.1 Å². The normalized spacial score (nSPS) is 11.7. The van der Waals surface area contributed by atoms with Crippen LogP contribution in [-0.2, 0) is 19.7 Å². The smallest absolute Gasteiger partial charge is 0.325 e. The van der Waals surface area contributed by atoms with Crippen LogP contribution in [0.2, 0.25) is 0 Å². The standard InChI is InChI=1S/C18H25NO3/c1-13(2)22-17(21)12-19-16(20)11-8-14-6-9-15(10-7-14)18(3,4)5/h6-11,13H,12H2,1-5H3,(H,19,20)/b11-8+. The molecule has 0 radical (unpaired) electrons. The Balaban J connectivity index is 2.50. The first-order valence-corrected chi connectivity index (χ1v) is 7.44. The molecule has 0 saturated carbocycles. The number of carbonyl (C=O) groups is 2. The second-order valence-electron chi connectivity index (χ2n) is 6.46. The van der Waals surface area contributed by atoms with Crippen molar-refractivity contribution in [3.63, 3.8) is 0 Å². The third-order valence-corrected chi connectivity index (χ3v) is 2.98. The van der Waals surface area contributed by atoms with Crippen LogP contribution in [0.15, 0.2) is 30.3 Å². The number of nitrogens with one attached hydrogen (secondary N) is 1. The summed E-state index contributed by atoms with van der Waals surface area (Å²) in [4.78, 5) is 22.9. The van der Waals surface area contributed by atoms with Crippen molar-refractivity contribution in [3.05, 3.63) is 41.5 Å². The van der Waals surface area contributed by atoms with E-state index in [2.05, 4.69) is 38.2 Å². The molecule has 0 heterocycles. The molecular formula is C18H25NO3. The number of carbonyl (C=O) groups excluding carboxylic acids is 2. The first-order valence-electron chi connectivity index (χ1n) is 7.44. The van der Waals surface area contributed by atoms with E-state index in [1.807, 2.05) is 12.1 Å². The van der Waals surface area contributed by atoms with Crippen LogP contribution in [0.1, 0.15) is 45.7 Å². The first kappa shape index (κ1) is 18.0. The van der Waals surface area contributed by atoms with Crippen molar-refractivity contribution in [3.8, 4) is 0 Å². The Labute approximate surface area is 132 Å². The maximum atomic E-state index is 11.6. The van der Waals surface area contributed by atoms with Gasteiger partial charge in [0.05, 0.1) is 6.10 Å². The molecule has 0 aliphatic rings. The zero-order chi connectivity index (χ0) is 16.8. The summed E-state index contributed by atoms with van der Waals surface area (Å²) in [6.45, 7) is 9.87. The fourth-order valence-electron chi connectivity index (χ4n) is 1.79. The minimum atomic E-state index is -0.439. The van der Waals surface area contributed by atoms with Crippen molar-refractivity contribution in [1.82, 2.24) is 5.32 Å². The molecule has 0 bridgehead atoms. The van der Waals surface area contributed by atoms with Crippen molar-refractivity contribution < 1.29 is 14.3 Å². The molecule has 4 nitrogen and oxygen atoms in total. The molecule has 4 heteroatoms. The van der Waals surface area contributed by atoms with E-state index in [1.54, 1.807) is 19.9 Å². The van der Waals surface area contributed by atoms with Gasteiger partial charge in [0.1, 0.15) is 6.54 Å². The van der Waals surface area contributed by atoms with Crippen LogP contribution in [0.4, 0.5) is 0 Å². The largest absolute Gasteiger partial charge is 0.462 e. The molecule has 1 amide bonds. The molecular weight excluding hydrogens is 278 g/mol. The molecule has 120 valence electrons. The van der Waals surface area contributed by atoms with Gasteiger partial charge >= 0.3 is 5.97 Å². The maximum absolute atomic E-state index is 11.6. The average molecular weight is 303 g/mol. The quantitative estimate of drug-likeness (QED) is 0.672. The highest BCUT2D eigenvalue weighted by Crippen LogP contribution is 2.22. The Morgan fingerprint density at radius 1 is 1.18 bits per heavy atom. The van der Waals surface area contributed by atoms with Crippen LogP contribution in [0.5, 0.6) is 0 Å². The molecule has 0 aliphatic carbocycles. The minimum absolute atomic E-state index is 0.108. The second kappa shape index (κ2) is 7.78. The number of esters is 1. The van der Waals surface area contributed by atoms with Crippen LogP contribution in [-0.4, -0.2) is 24.5 Å². The zero-order valence-corrected chi connectivity index (χ0v) is 14.0. The Kier molecular flexibility index (Phi) is 6.35. The van der Waals surface area contributed by atoms with Gasteiger partial charge in [0.25, 0.3) is 0 Å². The van der Waals surface area contributed by atoms with E-state index in [4.69, 9.17) is 4.74 Å². The molecule has 1 rings (SSSR count). The predicted octanol–water partition coefficient (Wildman–Crippen LogP) is 3.07. The highest BCUT2D eigenvalue weighted by atomic mass is 16.5. The summed E-state index contributed by atoms with van der Waals surface area (Å²) < 4.78 is 4.93. The molecule has 0 spiro atoms. The maximum Gasteiger partial charge on any atom is 0.325 e. The van der Waals surface area contributed by atoms with Gasteiger partial charge in [-0.15, -0.1) is 0 Å². The lowest BCUT2D eigenvalue weighted by molar-refractivity contribution is -0.147. The zero-order valence-electron chi connectivity index (χ0n) is 14.0. The molecule has 0 atom stereocenters. The molecule has 22 heavy (non-hydrogen) atoms. The SMILES string of the molecule is CC(C)OC(=O)CNC(=O)/C=C/c1ccc(C(C)(C)C)cc1. The topological polar surface area (TPSA) is 55.4 Å². The molecule has 0 unspecified atom stereocenters. The fourth-order valence-corrected chi connectivity index (χ4v) is 1.79. The lowest BCUT2D eigenvalue weighted by Gasteiger charge is -2.18. The number of hydrogen-bond donors (Lipinski definition) is 1. The number of ether oxygens (including phenoxy) is 1. The summed E-state index contributed by atoms with van der Waals surface area (Å²) in [5.74, 6) is -0.758. The Morgan fingerprint density at radius 2 is 1.77 bits per heavy atom. The Morgan fingerprint density at radius 3 is 2.27 bits per heavy atom. The summed E-state index contributed by atoms with van der Waals surface area (Å²) in [5, 5.41) is 2.49. The third kappa shape index (κ3) is 6.57. The second-order valence-corrected chi connectivity index (χ2v) is 6.46. The summed E-state index contributed by atoms with van der Waals surface area (Å²) in [6.07, 6.45) is 2.95. The number of amides is 1. The van der Waals surface area contributed by atoms with Gasteiger partial charge in [-0.2, -0.15) is 0 Å². The number of hydrogen-bond acceptors (Lipinski definition) is 3. The molecule has 1 N–H and O–H groups in total. The molecule has 0 fully saturated rings. The number of rotatable bonds is 5. The van der Waals surface area contributed by atoms with E-state index >= 15 is 0 Å². The van der Waals surface area contributed by atoms with Gasteiger partial charge in [-0.3, -0.25) is 9.59 Å². The number of benzene rings is 1. The molecule has 1 aromatic carbocycles. The van der Waals surface area contributed by atoms with E-state index in [-0.39, 0.29) is 24.0 Å². The monoisotopic (exact) mass is 303 g/mol. The summed E-state index contributed by atoms with van der Waals surface area (Å²) in [5.41, 5.74) is 2.29. The first-order chi connectivity index (χ1) is 10.2. The van der Waals surface area contributed by atoms with E-state index < -0.39 is 5.97 Å². The van der Waals surface area contributed by atoms with Gasteiger partial charge in [0.2, 0.25) is 5.91 Å². The van der Waals surface area contributed by atoms with Gasteiger partial charge in [0.15, 0.2) is 0 Å². The minimum Gasteiger partial charge on any atom is -0.462 e. The third-order valence-electron chi connectivity index (χ3n) is 2.98. The van der Waals surface area contributed by atoms with Gasteiger partial charge in [-0.05, 0) is 36.5 Å². The lowest BCUT2D eigenvalue weighted by Crippen LogP contribution is -2.30. The van der Waals surface area contributed by atoms with Crippen LogP contribution < -0.4 is 5.32 Å². The summed E-state index contributed by atoms with van der Waals surface area (Å²) >= 11 is 0. The van der Waals surface area contributed by atoms with Gasteiger partial charge in [0, 0.05) is 6.08 Å². The molecule has 0 aromatic heterocycles. The lowest BCUT2D eigenvalue weighted by atomic mass is 9.87. The van der Waals surface area contributed by atoms with E-state index in [9.17, 15) is 9.59 Å². The van der Waals surface area contributed by atoms with Crippen molar-refractivity contribution in [1.29, 1.82) is 0 Å². The van der Waals surface area contributed by atoms with E-state index in [0.29, 0.717) is 0 Å². The summed E-state index contributed by atoms with van der Waals surface area (Å²) in [7, 11) is 0. The van der Waals surface area contributed by atoms with Gasteiger partial charge in [-0.1, -0.05) is 45.0 Å². The van der Waals surface area contributed by atoms with Crippen molar-refractivity contribution >= 4 is 18.0 Å². The molecule has 1 aromatic rings. The van der Waals surface area contributed by atoms with Crippen molar-refractivity contribution in [2.45, 2.75) is 46.1 Å². The van der Waals surface area contributed by atoms with Crippen LogP contribution in [0, 0.1) is 0 Å². The van der Waals surface area contributed by atoms with Crippen molar-refractivity contribution in [2.75, 3.05) is 6.54 Å². The average Bonchev–Trinajstić information content (AvgIpc) is 2.41. The highest BCUT2D eigenvalue weighted by molar-refractivity contribution is 5.93. The van der Waals surface area contributed by atoms with Gasteiger partial charge in [-0.25, -0.2) is 0 Å². The summed E-state index contributed by atoms with van der Waals surface area (Å²) in [6, 6.07) is 8.05. The van der Waals surface area contributed by atoms with Crippen LogP contribution in [0.3, 0.4) is 0 Å². The van der Waals surface area contributed by atoms with Crippen LogP contribution >= 0.6 is 0 Å². The predicted molar refractivity (Wildman–Crippen MR) is 88.4 cm³/mol. The molecule has 0 aliphatic heterocycles. The van der Waals surface area contributed by atoms with E-state index in [0.717, 1.165) is 5.56 Å². The van der Waals surface area contributed by atoms with Crippen molar-refractivity contribution in [2.24, 2.45) is 0 Å². The Bertz CT molecular complexity index is 536. The van der Waals surface area contributed by atoms with E-state index in [1.165, 1.54) is 11.6 Å². The molecule has 0 saturated heterocycles.